The molecule has 0 spiro atoms. The van der Waals surface area contributed by atoms with Gasteiger partial charge in [0.1, 0.15) is 23.6 Å². The van der Waals surface area contributed by atoms with Crippen LogP contribution in [0.25, 0.3) is 0 Å². The van der Waals surface area contributed by atoms with E-state index >= 15 is 0 Å². The smallest absolute Gasteiger partial charge is 0.283 e. The highest BCUT2D eigenvalue weighted by molar-refractivity contribution is 6.04. The number of carbonyl (C=O) groups is 1. The van der Waals surface area contributed by atoms with Gasteiger partial charge in [-0.3, -0.25) is 9.59 Å². The molecular formula is C20H20F2N4O3. The van der Waals surface area contributed by atoms with Crippen molar-refractivity contribution >= 4 is 17.6 Å². The van der Waals surface area contributed by atoms with Crippen LogP contribution in [0.3, 0.4) is 0 Å². The minimum atomic E-state index is -1.52. The van der Waals surface area contributed by atoms with Gasteiger partial charge in [-0.1, -0.05) is 0 Å². The number of nitrogens with two attached hydrogens (primary N) is 1. The van der Waals surface area contributed by atoms with Crippen molar-refractivity contribution in [1.29, 1.82) is 0 Å². The minimum absolute atomic E-state index is 0.0181. The van der Waals surface area contributed by atoms with Crippen LogP contribution in [0.2, 0.25) is 0 Å². The summed E-state index contributed by atoms with van der Waals surface area (Å²) in [5.74, 6) is -1.46. The second-order valence-corrected chi connectivity index (χ2v) is 7.41. The topological polar surface area (TPSA) is 98.7 Å². The highest BCUT2D eigenvalue weighted by Gasteiger charge is 2.62. The second kappa shape index (κ2) is 6.68. The van der Waals surface area contributed by atoms with Crippen molar-refractivity contribution in [3.63, 3.8) is 0 Å². The molecule has 2 aliphatic rings. The summed E-state index contributed by atoms with van der Waals surface area (Å²) >= 11 is 0. The van der Waals surface area contributed by atoms with Gasteiger partial charge in [0.25, 0.3) is 11.9 Å². The Morgan fingerprint density at radius 1 is 1.41 bits per heavy atom. The summed E-state index contributed by atoms with van der Waals surface area (Å²) in [6, 6.07) is 6.42. The molecule has 1 saturated carbocycles. The number of halogens is 2. The van der Waals surface area contributed by atoms with Crippen molar-refractivity contribution in [1.82, 2.24) is 4.57 Å². The second-order valence-electron chi connectivity index (χ2n) is 7.41. The Kier molecular flexibility index (Phi) is 4.40. The zero-order valence-electron chi connectivity index (χ0n) is 15.9. The Balaban J connectivity index is 1.71. The van der Waals surface area contributed by atoms with Crippen LogP contribution >= 0.6 is 0 Å². The van der Waals surface area contributed by atoms with E-state index in [1.807, 2.05) is 0 Å². The first kappa shape index (κ1) is 19.1. The summed E-state index contributed by atoms with van der Waals surface area (Å²) in [6.45, 7) is 1.31. The molecule has 0 radical (unpaired) electrons. The van der Waals surface area contributed by atoms with E-state index in [1.165, 1.54) is 49.0 Å². The number of aromatic nitrogens is 1. The van der Waals surface area contributed by atoms with Gasteiger partial charge < -0.3 is 20.4 Å². The maximum Gasteiger partial charge on any atom is 0.283 e. The lowest BCUT2D eigenvalue weighted by atomic mass is 9.80. The van der Waals surface area contributed by atoms with Crippen molar-refractivity contribution in [3.05, 3.63) is 63.8 Å². The number of carbonyl (C=O) groups excluding carboxylic acids is 1. The van der Waals surface area contributed by atoms with Crippen LogP contribution < -0.4 is 16.6 Å². The number of alkyl halides is 1. The lowest BCUT2D eigenvalue weighted by Crippen LogP contribution is -2.44. The average molecular weight is 402 g/mol. The van der Waals surface area contributed by atoms with Gasteiger partial charge in [-0.05, 0) is 37.6 Å². The standard InChI is InChI=1S/C20H20F2N4O3/c1-10(21)20(14-8-16(14)29-19(23)25-20)13-7-12(4-5-15(13)22)24-18(28)11-3-6-17(27)26(2)9-11/h3-7,9-10,14,16H,8H2,1-2H3,(H2,23,25)(H,24,28)/t10?,14-,16+,20+/m0/s1. The molecule has 1 aromatic carbocycles. The maximum absolute atomic E-state index is 14.8. The van der Waals surface area contributed by atoms with Crippen LogP contribution in [-0.4, -0.2) is 28.8 Å². The summed E-state index contributed by atoms with van der Waals surface area (Å²) in [5, 5.41) is 2.65. The molecule has 1 unspecified atom stereocenters. The van der Waals surface area contributed by atoms with E-state index in [1.54, 1.807) is 0 Å². The number of nitrogens with zero attached hydrogens (tertiary/aromatic N) is 2. The van der Waals surface area contributed by atoms with Crippen LogP contribution in [0.5, 0.6) is 0 Å². The molecule has 9 heteroatoms. The molecular weight excluding hydrogens is 382 g/mol. The number of amidine groups is 1. The van der Waals surface area contributed by atoms with Gasteiger partial charge in [-0.15, -0.1) is 0 Å². The molecule has 1 fully saturated rings. The van der Waals surface area contributed by atoms with E-state index in [0.717, 1.165) is 6.07 Å². The van der Waals surface area contributed by atoms with Crippen molar-refractivity contribution in [2.75, 3.05) is 5.32 Å². The first-order chi connectivity index (χ1) is 13.7. The van der Waals surface area contributed by atoms with Crippen LogP contribution in [0.1, 0.15) is 29.3 Å². The SMILES string of the molecule is CC(F)[C@]1(c2cc(NC(=O)c3ccc(=O)n(C)c3)ccc2F)N=C(N)O[C@@H]2C[C@@H]21. The predicted octanol–water partition coefficient (Wildman–Crippen LogP) is 2.06. The van der Waals surface area contributed by atoms with Gasteiger partial charge >= 0.3 is 0 Å². The molecule has 2 aromatic rings. The lowest BCUT2D eigenvalue weighted by molar-refractivity contribution is 0.102. The summed E-state index contributed by atoms with van der Waals surface area (Å²) in [4.78, 5) is 28.2. The number of ether oxygens (including phenoxy) is 1. The Morgan fingerprint density at radius 3 is 2.86 bits per heavy atom. The zero-order valence-corrected chi connectivity index (χ0v) is 15.9. The molecule has 0 bridgehead atoms. The average Bonchev–Trinajstić information content (AvgIpc) is 3.44. The normalized spacial score (nSPS) is 26.0. The predicted molar refractivity (Wildman–Crippen MR) is 103 cm³/mol. The van der Waals surface area contributed by atoms with Gasteiger partial charge in [0.15, 0.2) is 0 Å². The van der Waals surface area contributed by atoms with E-state index in [-0.39, 0.29) is 40.4 Å². The van der Waals surface area contributed by atoms with Gasteiger partial charge in [-0.2, -0.15) is 0 Å². The van der Waals surface area contributed by atoms with E-state index in [0.29, 0.717) is 6.42 Å². The summed E-state index contributed by atoms with van der Waals surface area (Å²) in [6.07, 6.45) is 0.0934. The van der Waals surface area contributed by atoms with E-state index in [4.69, 9.17) is 10.5 Å². The molecule has 1 aliphatic heterocycles. The number of aliphatic imine (C=N–C) groups is 1. The summed E-state index contributed by atoms with van der Waals surface area (Å²) in [5.41, 5.74) is 4.50. The number of fused-ring (bicyclic) bond motifs is 1. The number of hydrogen-bond acceptors (Lipinski definition) is 5. The van der Waals surface area contributed by atoms with Crippen molar-refractivity contribution in [2.24, 2.45) is 23.7 Å². The Hall–Kier alpha value is -3.23. The number of pyridine rings is 1. The summed E-state index contributed by atoms with van der Waals surface area (Å²) in [7, 11) is 1.53. The first-order valence-electron chi connectivity index (χ1n) is 9.16. The quantitative estimate of drug-likeness (QED) is 0.818. The number of benzene rings is 1. The third-order valence-electron chi connectivity index (χ3n) is 5.47. The molecule has 1 amide bonds. The number of rotatable bonds is 4. The largest absolute Gasteiger partial charge is 0.462 e. The Labute approximate surface area is 165 Å². The van der Waals surface area contributed by atoms with Crippen LogP contribution in [0.15, 0.2) is 46.3 Å². The van der Waals surface area contributed by atoms with Crippen molar-refractivity contribution < 1.29 is 18.3 Å². The molecule has 1 aliphatic carbocycles. The summed E-state index contributed by atoms with van der Waals surface area (Å²) < 4.78 is 36.2. The minimum Gasteiger partial charge on any atom is -0.462 e. The van der Waals surface area contributed by atoms with Crippen molar-refractivity contribution in [3.8, 4) is 0 Å². The van der Waals surface area contributed by atoms with Crippen molar-refractivity contribution in [2.45, 2.75) is 31.2 Å². The van der Waals surface area contributed by atoms with Gasteiger partial charge in [-0.25, -0.2) is 13.8 Å². The molecule has 0 saturated heterocycles. The fraction of sp³-hybridized carbons (Fsp3) is 0.350. The molecule has 2 heterocycles. The monoisotopic (exact) mass is 402 g/mol. The number of anilines is 1. The van der Waals surface area contributed by atoms with Gasteiger partial charge in [0.2, 0.25) is 5.56 Å². The molecule has 7 nitrogen and oxygen atoms in total. The Morgan fingerprint density at radius 2 is 2.17 bits per heavy atom. The lowest BCUT2D eigenvalue weighted by Gasteiger charge is -2.35. The van der Waals surface area contributed by atoms with Gasteiger partial charge in [0.05, 0.1) is 5.56 Å². The van der Waals surface area contributed by atoms with Crippen LogP contribution in [0.4, 0.5) is 14.5 Å². The molecule has 29 heavy (non-hydrogen) atoms. The molecule has 1 aromatic heterocycles. The number of aryl methyl sites for hydroxylation is 1. The van der Waals surface area contributed by atoms with Crippen LogP contribution in [0, 0.1) is 11.7 Å². The first-order valence-corrected chi connectivity index (χ1v) is 9.16. The number of amides is 1. The third kappa shape index (κ3) is 3.16. The molecule has 4 atom stereocenters. The van der Waals surface area contributed by atoms with Gasteiger partial charge in [0, 0.05) is 36.5 Å². The van der Waals surface area contributed by atoms with E-state index in [2.05, 4.69) is 10.3 Å². The third-order valence-corrected chi connectivity index (χ3v) is 5.47. The molecule has 3 N–H and O–H groups in total. The zero-order chi connectivity index (χ0) is 20.9. The highest BCUT2D eigenvalue weighted by Crippen LogP contribution is 2.55. The fourth-order valence-corrected chi connectivity index (χ4v) is 3.91. The highest BCUT2D eigenvalue weighted by atomic mass is 19.1. The Bertz CT molecular complexity index is 1080. The van der Waals surface area contributed by atoms with Crippen LogP contribution in [-0.2, 0) is 17.3 Å². The molecule has 152 valence electrons. The van der Waals surface area contributed by atoms with E-state index in [9.17, 15) is 18.4 Å². The fourth-order valence-electron chi connectivity index (χ4n) is 3.91. The number of hydrogen-bond donors (Lipinski definition) is 2. The number of nitrogens with one attached hydrogen (secondary N) is 1. The molecule has 4 rings (SSSR count). The maximum atomic E-state index is 14.8. The van der Waals surface area contributed by atoms with E-state index < -0.39 is 23.4 Å².